The zero-order chi connectivity index (χ0) is 12.1. The summed E-state index contributed by atoms with van der Waals surface area (Å²) in [4.78, 5) is 2.41. The summed E-state index contributed by atoms with van der Waals surface area (Å²) in [5, 5.41) is 12.9. The minimum Gasteiger partial charge on any atom is -0.395 e. The van der Waals surface area contributed by atoms with Gasteiger partial charge in [0.1, 0.15) is 0 Å². The van der Waals surface area contributed by atoms with Gasteiger partial charge in [-0.2, -0.15) is 0 Å². The summed E-state index contributed by atoms with van der Waals surface area (Å²) in [5.74, 6) is 0.761. The molecule has 0 aromatic carbocycles. The molecule has 17 heavy (non-hydrogen) atoms. The average Bonchev–Trinajstić information content (AvgIpc) is 2.30. The highest BCUT2D eigenvalue weighted by Crippen LogP contribution is 2.21. The van der Waals surface area contributed by atoms with Crippen LogP contribution in [-0.2, 0) is 0 Å². The third kappa shape index (κ3) is 4.23. The molecule has 2 fully saturated rings. The molecule has 100 valence electrons. The fraction of sp³-hybridized carbons (Fsp3) is 1.00. The minimum absolute atomic E-state index is 0.295. The van der Waals surface area contributed by atoms with Crippen molar-refractivity contribution in [3.63, 3.8) is 0 Å². The van der Waals surface area contributed by atoms with Crippen molar-refractivity contribution >= 4 is 0 Å². The van der Waals surface area contributed by atoms with E-state index in [4.69, 9.17) is 5.11 Å². The Morgan fingerprint density at radius 1 is 1.12 bits per heavy atom. The van der Waals surface area contributed by atoms with Gasteiger partial charge in [-0.15, -0.1) is 0 Å². The van der Waals surface area contributed by atoms with E-state index in [1.54, 1.807) is 0 Å². The van der Waals surface area contributed by atoms with E-state index in [1.165, 1.54) is 38.5 Å². The maximum absolute atomic E-state index is 9.05. The second-order valence-electron chi connectivity index (χ2n) is 6.02. The fourth-order valence-corrected chi connectivity index (χ4v) is 3.51. The van der Waals surface area contributed by atoms with Crippen LogP contribution in [0.2, 0.25) is 0 Å². The molecule has 0 spiro atoms. The number of rotatable bonds is 4. The Labute approximate surface area is 106 Å². The number of aliphatic hydroxyl groups excluding tert-OH is 1. The van der Waals surface area contributed by atoms with Crippen LogP contribution in [0.3, 0.4) is 0 Å². The number of nitrogens with zero attached hydrogens (tertiary/aromatic N) is 1. The Morgan fingerprint density at radius 3 is 2.59 bits per heavy atom. The summed E-state index contributed by atoms with van der Waals surface area (Å²) in [6, 6.07) is 1.41. The van der Waals surface area contributed by atoms with Crippen LogP contribution in [0, 0.1) is 5.92 Å². The Kier molecular flexibility index (Phi) is 5.26. The molecule has 1 aliphatic heterocycles. The van der Waals surface area contributed by atoms with Crippen LogP contribution in [0.15, 0.2) is 0 Å². The van der Waals surface area contributed by atoms with Crippen molar-refractivity contribution in [3.05, 3.63) is 0 Å². The van der Waals surface area contributed by atoms with Gasteiger partial charge in [0.15, 0.2) is 0 Å². The van der Waals surface area contributed by atoms with E-state index in [0.29, 0.717) is 12.6 Å². The second kappa shape index (κ2) is 6.72. The number of hydrogen-bond donors (Lipinski definition) is 2. The molecule has 2 N–H and O–H groups in total. The molecule has 1 heterocycles. The Bertz CT molecular complexity index is 216. The summed E-state index contributed by atoms with van der Waals surface area (Å²) in [7, 11) is 0. The third-order valence-corrected chi connectivity index (χ3v) is 4.23. The van der Waals surface area contributed by atoms with E-state index in [2.05, 4.69) is 17.1 Å². The number of nitrogens with one attached hydrogen (secondary N) is 1. The lowest BCUT2D eigenvalue weighted by Gasteiger charge is -2.39. The zero-order valence-electron chi connectivity index (χ0n) is 11.2. The van der Waals surface area contributed by atoms with Crippen molar-refractivity contribution < 1.29 is 5.11 Å². The Balaban J connectivity index is 1.78. The topological polar surface area (TPSA) is 35.5 Å². The van der Waals surface area contributed by atoms with Gasteiger partial charge in [-0.25, -0.2) is 0 Å². The van der Waals surface area contributed by atoms with Crippen LogP contribution in [0.1, 0.15) is 45.4 Å². The number of piperidine rings is 1. The summed E-state index contributed by atoms with van der Waals surface area (Å²) >= 11 is 0. The number of likely N-dealkylation sites (tertiary alicyclic amines) is 1. The van der Waals surface area contributed by atoms with E-state index >= 15 is 0 Å². The molecule has 2 atom stereocenters. The molecule has 0 amide bonds. The van der Waals surface area contributed by atoms with Gasteiger partial charge < -0.3 is 10.4 Å². The predicted molar refractivity (Wildman–Crippen MR) is 71.1 cm³/mol. The highest BCUT2D eigenvalue weighted by Gasteiger charge is 2.26. The molecule has 3 nitrogen and oxygen atoms in total. The summed E-state index contributed by atoms with van der Waals surface area (Å²) in [6.07, 6.45) is 8.27. The smallest absolute Gasteiger partial charge is 0.0558 e. The predicted octanol–water partition coefficient (Wildman–Crippen LogP) is 1.61. The Morgan fingerprint density at radius 2 is 1.88 bits per heavy atom. The van der Waals surface area contributed by atoms with Crippen molar-refractivity contribution in [1.29, 1.82) is 0 Å². The first-order valence-corrected chi connectivity index (χ1v) is 7.37. The first kappa shape index (κ1) is 13.3. The molecular weight excluding hydrogens is 212 g/mol. The van der Waals surface area contributed by atoms with Gasteiger partial charge >= 0.3 is 0 Å². The van der Waals surface area contributed by atoms with Crippen LogP contribution in [0.5, 0.6) is 0 Å². The molecule has 2 aliphatic rings. The van der Waals surface area contributed by atoms with Crippen LogP contribution >= 0.6 is 0 Å². The van der Waals surface area contributed by atoms with E-state index in [-0.39, 0.29) is 0 Å². The van der Waals surface area contributed by atoms with Gasteiger partial charge in [-0.1, -0.05) is 26.2 Å². The van der Waals surface area contributed by atoms with Crippen LogP contribution < -0.4 is 5.32 Å². The van der Waals surface area contributed by atoms with E-state index in [1.807, 2.05) is 0 Å². The molecule has 1 saturated heterocycles. The summed E-state index contributed by atoms with van der Waals surface area (Å²) < 4.78 is 0. The molecule has 2 unspecified atom stereocenters. The molecule has 2 rings (SSSR count). The van der Waals surface area contributed by atoms with E-state index in [9.17, 15) is 0 Å². The number of aliphatic hydroxyl groups is 1. The lowest BCUT2D eigenvalue weighted by Crippen LogP contribution is -2.52. The average molecular weight is 240 g/mol. The van der Waals surface area contributed by atoms with Crippen LogP contribution in [0.25, 0.3) is 0 Å². The zero-order valence-corrected chi connectivity index (χ0v) is 11.2. The number of hydrogen-bond acceptors (Lipinski definition) is 3. The monoisotopic (exact) mass is 240 g/mol. The maximum Gasteiger partial charge on any atom is 0.0558 e. The summed E-state index contributed by atoms with van der Waals surface area (Å²) in [6.45, 7) is 5.75. The minimum atomic E-state index is 0.295. The quantitative estimate of drug-likeness (QED) is 0.784. The van der Waals surface area contributed by atoms with Crippen molar-refractivity contribution in [3.8, 4) is 0 Å². The molecule has 1 saturated carbocycles. The van der Waals surface area contributed by atoms with Crippen LogP contribution in [-0.4, -0.2) is 48.3 Å². The van der Waals surface area contributed by atoms with Gasteiger partial charge in [0.05, 0.1) is 6.61 Å². The van der Waals surface area contributed by atoms with Crippen LogP contribution in [0.4, 0.5) is 0 Å². The van der Waals surface area contributed by atoms with Gasteiger partial charge in [0.25, 0.3) is 0 Å². The molecule has 0 radical (unpaired) electrons. The molecule has 1 aliphatic carbocycles. The molecule has 0 aromatic heterocycles. The first-order valence-electron chi connectivity index (χ1n) is 7.37. The lowest BCUT2D eigenvalue weighted by atomic mass is 9.91. The van der Waals surface area contributed by atoms with E-state index < -0.39 is 0 Å². The molecule has 0 bridgehead atoms. The highest BCUT2D eigenvalue weighted by molar-refractivity contribution is 4.85. The van der Waals surface area contributed by atoms with Gasteiger partial charge in [0, 0.05) is 31.7 Å². The fourth-order valence-electron chi connectivity index (χ4n) is 3.51. The van der Waals surface area contributed by atoms with E-state index in [0.717, 1.165) is 31.6 Å². The molecular formula is C14H28N2O. The normalized spacial score (nSPS) is 32.8. The van der Waals surface area contributed by atoms with Gasteiger partial charge in [-0.05, 0) is 25.2 Å². The second-order valence-corrected chi connectivity index (χ2v) is 6.02. The maximum atomic E-state index is 9.05. The highest BCUT2D eigenvalue weighted by atomic mass is 16.3. The van der Waals surface area contributed by atoms with Crippen molar-refractivity contribution in [2.45, 2.75) is 57.5 Å². The molecule has 3 heteroatoms. The number of β-amino-alcohol motifs (C(OH)–C–C–N with tert-alkyl or cyclic N) is 1. The molecule has 0 aromatic rings. The van der Waals surface area contributed by atoms with Crippen molar-refractivity contribution in [2.24, 2.45) is 5.92 Å². The SMILES string of the molecule is CC1CC(NC2CCCCC2)CN(CCO)C1. The first-order chi connectivity index (χ1) is 8.28. The largest absolute Gasteiger partial charge is 0.395 e. The standard InChI is InChI=1S/C14H28N2O/c1-12-9-14(11-16(10-12)7-8-17)15-13-5-3-2-4-6-13/h12-15,17H,2-11H2,1H3. The van der Waals surface area contributed by atoms with Crippen molar-refractivity contribution in [2.75, 3.05) is 26.2 Å². The lowest BCUT2D eigenvalue weighted by molar-refractivity contribution is 0.115. The van der Waals surface area contributed by atoms with Gasteiger partial charge in [-0.3, -0.25) is 4.90 Å². The third-order valence-electron chi connectivity index (χ3n) is 4.23. The summed E-state index contributed by atoms with van der Waals surface area (Å²) in [5.41, 5.74) is 0. The Hall–Kier alpha value is -0.120. The van der Waals surface area contributed by atoms with Crippen molar-refractivity contribution in [1.82, 2.24) is 10.2 Å². The van der Waals surface area contributed by atoms with Gasteiger partial charge in [0.2, 0.25) is 0 Å².